The minimum Gasteiger partial charge on any atom is -0.444 e. The highest BCUT2D eigenvalue weighted by molar-refractivity contribution is 5.70. The molecule has 2 aliphatic rings. The Hall–Kier alpha value is -3.83. The number of fused-ring (bicyclic) bond motifs is 1. The molecule has 0 radical (unpaired) electrons. The van der Waals surface area contributed by atoms with E-state index >= 15 is 0 Å². The lowest BCUT2D eigenvalue weighted by Gasteiger charge is -2.45. The van der Waals surface area contributed by atoms with Gasteiger partial charge in [0.25, 0.3) is 0 Å². The summed E-state index contributed by atoms with van der Waals surface area (Å²) in [5.41, 5.74) is 4.46. The van der Waals surface area contributed by atoms with Crippen LogP contribution in [0, 0.1) is 51.1 Å². The van der Waals surface area contributed by atoms with Gasteiger partial charge in [-0.2, -0.15) is 15.8 Å². The van der Waals surface area contributed by atoms with Gasteiger partial charge < -0.3 is 15.4 Å². The van der Waals surface area contributed by atoms with E-state index in [0.717, 1.165) is 0 Å². The standard InChI is InChI=1S/C23H22FN5O2/c1-22(2,3)31-21(30)29-8-7-18-17(11-29)19(14-5-4-6-15(24)9-14)16(10-25)20(28)23(18,12-26)13-27/h4-7,9,17,19H,8,11,28H2,1-3H3. The molecule has 1 aromatic rings. The molecule has 1 aliphatic carbocycles. The monoisotopic (exact) mass is 419 g/mol. The van der Waals surface area contributed by atoms with Crippen LogP contribution < -0.4 is 5.73 Å². The number of nitriles is 3. The second-order valence-corrected chi connectivity index (χ2v) is 8.60. The molecule has 31 heavy (non-hydrogen) atoms. The van der Waals surface area contributed by atoms with Crippen LogP contribution in [0.25, 0.3) is 0 Å². The van der Waals surface area contributed by atoms with E-state index < -0.39 is 34.8 Å². The maximum atomic E-state index is 14.0. The van der Waals surface area contributed by atoms with Crippen LogP contribution in [0.1, 0.15) is 32.3 Å². The molecule has 0 saturated carbocycles. The average Bonchev–Trinajstić information content (AvgIpc) is 2.71. The normalized spacial score (nSPS) is 22.4. The van der Waals surface area contributed by atoms with Crippen LogP contribution in [0.5, 0.6) is 0 Å². The van der Waals surface area contributed by atoms with Gasteiger partial charge in [0.1, 0.15) is 11.4 Å². The second-order valence-electron chi connectivity index (χ2n) is 8.60. The van der Waals surface area contributed by atoms with Crippen LogP contribution in [0.4, 0.5) is 9.18 Å². The number of hydrogen-bond donors (Lipinski definition) is 1. The van der Waals surface area contributed by atoms with Gasteiger partial charge in [0, 0.05) is 24.9 Å². The molecule has 0 saturated heterocycles. The number of carbonyl (C=O) groups excluding carboxylic acids is 1. The number of carbonyl (C=O) groups is 1. The number of ether oxygens (including phenoxy) is 1. The van der Waals surface area contributed by atoms with E-state index in [1.54, 1.807) is 32.9 Å². The fraction of sp³-hybridized carbons (Fsp3) is 0.391. The van der Waals surface area contributed by atoms with Crippen LogP contribution in [0.3, 0.4) is 0 Å². The zero-order valence-corrected chi connectivity index (χ0v) is 17.5. The summed E-state index contributed by atoms with van der Waals surface area (Å²) in [6.45, 7) is 5.46. The Kier molecular flexibility index (Phi) is 5.49. The van der Waals surface area contributed by atoms with Gasteiger partial charge in [-0.3, -0.25) is 0 Å². The quantitative estimate of drug-likeness (QED) is 0.694. The third-order valence-corrected chi connectivity index (χ3v) is 5.50. The number of nitrogens with zero attached hydrogens (tertiary/aromatic N) is 4. The molecule has 0 fully saturated rings. The predicted molar refractivity (Wildman–Crippen MR) is 109 cm³/mol. The van der Waals surface area contributed by atoms with Crippen molar-refractivity contribution in [3.63, 3.8) is 0 Å². The highest BCUT2D eigenvalue weighted by Crippen LogP contribution is 2.52. The lowest BCUT2D eigenvalue weighted by Crippen LogP contribution is -2.49. The van der Waals surface area contributed by atoms with Crippen molar-refractivity contribution in [2.45, 2.75) is 32.3 Å². The Morgan fingerprint density at radius 2 is 1.97 bits per heavy atom. The van der Waals surface area contributed by atoms with Gasteiger partial charge in [-0.05, 0) is 44.0 Å². The molecule has 1 amide bonds. The summed E-state index contributed by atoms with van der Waals surface area (Å²) in [5, 5.41) is 29.7. The molecule has 2 N–H and O–H groups in total. The zero-order chi connectivity index (χ0) is 23.0. The van der Waals surface area contributed by atoms with E-state index in [0.29, 0.717) is 11.1 Å². The lowest BCUT2D eigenvalue weighted by molar-refractivity contribution is 0.0229. The van der Waals surface area contributed by atoms with Crippen molar-refractivity contribution in [1.29, 1.82) is 15.8 Å². The van der Waals surface area contributed by atoms with E-state index in [1.807, 2.05) is 18.2 Å². The number of halogens is 1. The van der Waals surface area contributed by atoms with Crippen molar-refractivity contribution >= 4 is 6.09 Å². The van der Waals surface area contributed by atoms with Gasteiger partial charge in [-0.15, -0.1) is 0 Å². The van der Waals surface area contributed by atoms with Gasteiger partial charge >= 0.3 is 6.09 Å². The Bertz CT molecular complexity index is 1100. The number of hydrogen-bond acceptors (Lipinski definition) is 6. The first kappa shape index (κ1) is 21.9. The highest BCUT2D eigenvalue weighted by atomic mass is 19.1. The van der Waals surface area contributed by atoms with Crippen LogP contribution >= 0.6 is 0 Å². The van der Waals surface area contributed by atoms with Crippen LogP contribution in [0.2, 0.25) is 0 Å². The molecule has 8 heteroatoms. The number of allylic oxidation sites excluding steroid dienone is 2. The van der Waals surface area contributed by atoms with Crippen molar-refractivity contribution in [1.82, 2.24) is 4.90 Å². The smallest absolute Gasteiger partial charge is 0.410 e. The molecule has 158 valence electrons. The molecule has 2 atom stereocenters. The van der Waals surface area contributed by atoms with Crippen LogP contribution in [-0.4, -0.2) is 29.7 Å². The van der Waals surface area contributed by atoms with Gasteiger partial charge in [0.05, 0.1) is 29.5 Å². The van der Waals surface area contributed by atoms with Gasteiger partial charge in [0.15, 0.2) is 0 Å². The predicted octanol–water partition coefficient (Wildman–Crippen LogP) is 3.49. The maximum Gasteiger partial charge on any atom is 0.410 e. The molecule has 1 aliphatic heterocycles. The van der Waals surface area contributed by atoms with Crippen LogP contribution in [0.15, 0.2) is 47.2 Å². The molecule has 0 aromatic heterocycles. The van der Waals surface area contributed by atoms with Gasteiger partial charge in [0.2, 0.25) is 5.41 Å². The van der Waals surface area contributed by atoms with Gasteiger partial charge in [-0.25, -0.2) is 9.18 Å². The minimum atomic E-state index is -1.82. The first-order chi connectivity index (χ1) is 14.6. The first-order valence-electron chi connectivity index (χ1n) is 9.74. The summed E-state index contributed by atoms with van der Waals surface area (Å²) in [5.74, 6) is -1.83. The molecule has 2 unspecified atom stereocenters. The summed E-state index contributed by atoms with van der Waals surface area (Å²) >= 11 is 0. The lowest BCUT2D eigenvalue weighted by atomic mass is 9.60. The highest BCUT2D eigenvalue weighted by Gasteiger charge is 2.53. The average molecular weight is 419 g/mol. The third-order valence-electron chi connectivity index (χ3n) is 5.50. The first-order valence-corrected chi connectivity index (χ1v) is 9.74. The minimum absolute atomic E-state index is 0.0295. The maximum absolute atomic E-state index is 14.0. The second kappa shape index (κ2) is 7.78. The molecule has 7 nitrogen and oxygen atoms in total. The number of amides is 1. The molecule has 3 rings (SSSR count). The number of nitrogens with two attached hydrogens (primary N) is 1. The number of rotatable bonds is 1. The Morgan fingerprint density at radius 3 is 2.52 bits per heavy atom. The Morgan fingerprint density at radius 1 is 1.29 bits per heavy atom. The van der Waals surface area contributed by atoms with E-state index in [9.17, 15) is 25.0 Å². The molecule has 1 heterocycles. The van der Waals surface area contributed by atoms with E-state index in [4.69, 9.17) is 10.5 Å². The SMILES string of the molecule is CC(C)(C)OC(=O)N1CC=C2C(C1)C(c1cccc(F)c1)C(C#N)=C(N)C2(C#N)C#N. The van der Waals surface area contributed by atoms with E-state index in [-0.39, 0.29) is 24.4 Å². The summed E-state index contributed by atoms with van der Waals surface area (Å²) in [6, 6.07) is 11.7. The van der Waals surface area contributed by atoms with Crippen molar-refractivity contribution in [2.24, 2.45) is 17.1 Å². The zero-order valence-electron chi connectivity index (χ0n) is 17.5. The number of benzene rings is 1. The summed E-state index contributed by atoms with van der Waals surface area (Å²) in [4.78, 5) is 14.1. The Labute approximate surface area is 180 Å². The molecular formula is C23H22FN5O2. The van der Waals surface area contributed by atoms with Crippen molar-refractivity contribution in [3.8, 4) is 18.2 Å². The third kappa shape index (κ3) is 3.71. The Balaban J connectivity index is 2.18. The molecular weight excluding hydrogens is 397 g/mol. The van der Waals surface area contributed by atoms with Crippen molar-refractivity contribution in [3.05, 3.63) is 58.6 Å². The largest absolute Gasteiger partial charge is 0.444 e. The summed E-state index contributed by atoms with van der Waals surface area (Å²) < 4.78 is 19.5. The fourth-order valence-electron chi connectivity index (χ4n) is 4.19. The van der Waals surface area contributed by atoms with Crippen molar-refractivity contribution < 1.29 is 13.9 Å². The summed E-state index contributed by atoms with van der Waals surface area (Å²) in [7, 11) is 0. The van der Waals surface area contributed by atoms with Crippen LogP contribution in [-0.2, 0) is 4.74 Å². The van der Waals surface area contributed by atoms with Crippen molar-refractivity contribution in [2.75, 3.05) is 13.1 Å². The fourth-order valence-corrected chi connectivity index (χ4v) is 4.19. The van der Waals surface area contributed by atoms with E-state index in [1.165, 1.54) is 23.1 Å². The van der Waals surface area contributed by atoms with E-state index in [2.05, 4.69) is 0 Å². The topological polar surface area (TPSA) is 127 Å². The molecule has 1 aromatic carbocycles. The molecule has 0 bridgehead atoms. The van der Waals surface area contributed by atoms with Gasteiger partial charge in [-0.1, -0.05) is 18.2 Å². The summed E-state index contributed by atoms with van der Waals surface area (Å²) in [6.07, 6.45) is 1.07. The molecule has 0 spiro atoms.